The van der Waals surface area contributed by atoms with Crippen molar-refractivity contribution in [1.29, 1.82) is 0 Å². The van der Waals surface area contributed by atoms with Crippen LogP contribution < -0.4 is 0 Å². The van der Waals surface area contributed by atoms with E-state index >= 15 is 0 Å². The summed E-state index contributed by atoms with van der Waals surface area (Å²) < 4.78 is 5.49. The van der Waals surface area contributed by atoms with Gasteiger partial charge in [-0.25, -0.2) is 4.79 Å². The van der Waals surface area contributed by atoms with E-state index in [1.807, 2.05) is 13.8 Å². The van der Waals surface area contributed by atoms with Gasteiger partial charge in [-0.05, 0) is 33.6 Å². The average molecular weight is 409 g/mol. The Morgan fingerprint density at radius 3 is 1.28 bits per heavy atom. The van der Waals surface area contributed by atoms with E-state index in [4.69, 9.17) is 4.74 Å². The first-order chi connectivity index (χ1) is 13.9. The van der Waals surface area contributed by atoms with Crippen molar-refractivity contribution in [3.63, 3.8) is 0 Å². The predicted octanol–water partition coefficient (Wildman–Crippen LogP) is 9.32. The molecule has 0 saturated carbocycles. The zero-order chi connectivity index (χ0) is 21.8. The van der Waals surface area contributed by atoms with E-state index in [0.29, 0.717) is 5.57 Å². The number of esters is 1. The predicted molar refractivity (Wildman–Crippen MR) is 128 cm³/mol. The summed E-state index contributed by atoms with van der Waals surface area (Å²) in [6.45, 7) is 11.6. The minimum absolute atomic E-state index is 0.266. The topological polar surface area (TPSA) is 26.3 Å². The highest BCUT2D eigenvalue weighted by molar-refractivity contribution is 5.87. The summed E-state index contributed by atoms with van der Waals surface area (Å²) in [5.41, 5.74) is 0.112. The molecule has 0 spiro atoms. The van der Waals surface area contributed by atoms with Crippen LogP contribution in [0.4, 0.5) is 0 Å². The number of ether oxygens (including phenoxy) is 1. The summed E-state index contributed by atoms with van der Waals surface area (Å²) in [5, 5.41) is 0. The molecule has 0 atom stereocenters. The highest BCUT2D eigenvalue weighted by atomic mass is 16.6. The van der Waals surface area contributed by atoms with Crippen molar-refractivity contribution in [1.82, 2.24) is 0 Å². The van der Waals surface area contributed by atoms with Crippen molar-refractivity contribution in [2.24, 2.45) is 0 Å². The molecule has 0 aliphatic heterocycles. The molecule has 0 unspecified atom stereocenters. The first-order valence-corrected chi connectivity index (χ1v) is 12.8. The van der Waals surface area contributed by atoms with E-state index in [9.17, 15) is 4.79 Å². The fourth-order valence-electron chi connectivity index (χ4n) is 3.84. The van der Waals surface area contributed by atoms with Crippen LogP contribution in [0.1, 0.15) is 150 Å². The summed E-state index contributed by atoms with van der Waals surface area (Å²) in [7, 11) is 0. The molecule has 0 aliphatic rings. The molecular weight excluding hydrogens is 356 g/mol. The highest BCUT2D eigenvalue weighted by Gasteiger charge is 2.22. The molecule has 0 aliphatic carbocycles. The quantitative estimate of drug-likeness (QED) is 0.107. The van der Waals surface area contributed by atoms with E-state index in [1.54, 1.807) is 6.92 Å². The van der Waals surface area contributed by atoms with Crippen LogP contribution in [0.25, 0.3) is 0 Å². The summed E-state index contributed by atoms with van der Waals surface area (Å²) in [5.74, 6) is -0.266. The molecule has 0 amide bonds. The largest absolute Gasteiger partial charge is 0.456 e. The molecule has 0 saturated heterocycles. The summed E-state index contributed by atoms with van der Waals surface area (Å²) in [4.78, 5) is 11.6. The van der Waals surface area contributed by atoms with Crippen molar-refractivity contribution in [3.8, 4) is 0 Å². The number of carbonyl (C=O) groups excluding carboxylic acids is 1. The van der Waals surface area contributed by atoms with Crippen LogP contribution >= 0.6 is 0 Å². The van der Waals surface area contributed by atoms with Gasteiger partial charge < -0.3 is 4.74 Å². The number of unbranched alkanes of at least 4 members (excludes halogenated alkanes) is 17. The fourth-order valence-corrected chi connectivity index (χ4v) is 3.84. The average Bonchev–Trinajstić information content (AvgIpc) is 2.66. The minimum atomic E-state index is -0.370. The van der Waals surface area contributed by atoms with Crippen molar-refractivity contribution >= 4 is 5.97 Å². The number of carbonyl (C=O) groups is 1. The zero-order valence-electron chi connectivity index (χ0n) is 20.5. The van der Waals surface area contributed by atoms with Crippen LogP contribution in [0, 0.1) is 0 Å². The Morgan fingerprint density at radius 1 is 0.655 bits per heavy atom. The standard InChI is InChI=1S/C27H52O2/c1-6-7-8-9-10-11-12-13-14-15-16-17-18-19-20-21-22-23-24-27(4,5)29-26(28)25(2)3/h2,6-24H2,1,3-5H3. The van der Waals surface area contributed by atoms with Gasteiger partial charge in [0.05, 0.1) is 0 Å². The lowest BCUT2D eigenvalue weighted by Gasteiger charge is -2.25. The fraction of sp³-hybridized carbons (Fsp3) is 0.889. The molecule has 172 valence electrons. The summed E-state index contributed by atoms with van der Waals surface area (Å²) >= 11 is 0. The minimum Gasteiger partial charge on any atom is -0.456 e. The Bertz CT molecular complexity index is 397. The third-order valence-electron chi connectivity index (χ3n) is 5.85. The van der Waals surface area contributed by atoms with Gasteiger partial charge in [-0.15, -0.1) is 0 Å². The van der Waals surface area contributed by atoms with Gasteiger partial charge in [-0.3, -0.25) is 0 Å². The summed E-state index contributed by atoms with van der Waals surface area (Å²) in [6.07, 6.45) is 26.0. The van der Waals surface area contributed by atoms with Gasteiger partial charge in [0, 0.05) is 5.57 Å². The molecule has 0 N–H and O–H groups in total. The zero-order valence-corrected chi connectivity index (χ0v) is 20.5. The highest BCUT2D eigenvalue weighted by Crippen LogP contribution is 2.21. The van der Waals surface area contributed by atoms with Crippen molar-refractivity contribution < 1.29 is 9.53 Å². The maximum absolute atomic E-state index is 11.6. The van der Waals surface area contributed by atoms with Gasteiger partial charge in [0.25, 0.3) is 0 Å². The van der Waals surface area contributed by atoms with Crippen LogP contribution in [-0.2, 0) is 9.53 Å². The van der Waals surface area contributed by atoms with E-state index in [2.05, 4.69) is 13.5 Å². The van der Waals surface area contributed by atoms with E-state index in [-0.39, 0.29) is 11.6 Å². The van der Waals surface area contributed by atoms with E-state index in [0.717, 1.165) is 12.8 Å². The third-order valence-corrected chi connectivity index (χ3v) is 5.85. The van der Waals surface area contributed by atoms with Crippen molar-refractivity contribution in [3.05, 3.63) is 12.2 Å². The smallest absolute Gasteiger partial charge is 0.333 e. The first kappa shape index (κ1) is 28.2. The van der Waals surface area contributed by atoms with Gasteiger partial charge in [-0.2, -0.15) is 0 Å². The second-order valence-electron chi connectivity index (χ2n) is 9.69. The van der Waals surface area contributed by atoms with Crippen molar-refractivity contribution in [2.75, 3.05) is 0 Å². The molecule has 0 aromatic carbocycles. The Balaban J connectivity index is 3.28. The lowest BCUT2D eigenvalue weighted by molar-refractivity contribution is -0.152. The SMILES string of the molecule is C=C(C)C(=O)OC(C)(C)CCCCCCCCCCCCCCCCCCCC. The molecule has 0 heterocycles. The van der Waals surface area contributed by atoms with Gasteiger partial charge >= 0.3 is 5.97 Å². The second kappa shape index (κ2) is 19.2. The molecule has 0 radical (unpaired) electrons. The Kier molecular flexibility index (Phi) is 18.7. The molecule has 0 rings (SSSR count). The number of rotatable bonds is 21. The number of hydrogen-bond acceptors (Lipinski definition) is 2. The second-order valence-corrected chi connectivity index (χ2v) is 9.69. The lowest BCUT2D eigenvalue weighted by atomic mass is 9.98. The monoisotopic (exact) mass is 408 g/mol. The van der Waals surface area contributed by atoms with Crippen LogP contribution in [0.15, 0.2) is 12.2 Å². The molecule has 0 aromatic rings. The Labute approximate surface area is 183 Å². The van der Waals surface area contributed by atoms with Crippen LogP contribution in [0.3, 0.4) is 0 Å². The molecule has 2 heteroatoms. The third kappa shape index (κ3) is 20.3. The number of hydrogen-bond donors (Lipinski definition) is 0. The van der Waals surface area contributed by atoms with Gasteiger partial charge in [0.2, 0.25) is 0 Å². The maximum atomic E-state index is 11.6. The lowest BCUT2D eigenvalue weighted by Crippen LogP contribution is -2.28. The molecule has 0 bridgehead atoms. The molecule has 0 fully saturated rings. The first-order valence-electron chi connectivity index (χ1n) is 12.8. The molecule has 29 heavy (non-hydrogen) atoms. The van der Waals surface area contributed by atoms with Crippen molar-refractivity contribution in [2.45, 2.75) is 155 Å². The van der Waals surface area contributed by atoms with Crippen LogP contribution in [-0.4, -0.2) is 11.6 Å². The summed E-state index contributed by atoms with van der Waals surface area (Å²) in [6, 6.07) is 0. The molecule has 2 nitrogen and oxygen atoms in total. The maximum Gasteiger partial charge on any atom is 0.333 e. The van der Waals surface area contributed by atoms with Crippen LogP contribution in [0.2, 0.25) is 0 Å². The molecular formula is C27H52O2. The van der Waals surface area contributed by atoms with Gasteiger partial charge in [0.15, 0.2) is 0 Å². The normalized spacial score (nSPS) is 11.6. The Hall–Kier alpha value is -0.790. The Morgan fingerprint density at radius 2 is 0.966 bits per heavy atom. The van der Waals surface area contributed by atoms with Gasteiger partial charge in [0.1, 0.15) is 5.60 Å². The van der Waals surface area contributed by atoms with Crippen LogP contribution in [0.5, 0.6) is 0 Å². The van der Waals surface area contributed by atoms with Gasteiger partial charge in [-0.1, -0.05) is 123 Å². The van der Waals surface area contributed by atoms with E-state index in [1.165, 1.54) is 109 Å². The molecule has 0 aromatic heterocycles. The van der Waals surface area contributed by atoms with E-state index < -0.39 is 0 Å².